The van der Waals surface area contributed by atoms with Crippen LogP contribution in [0.3, 0.4) is 0 Å². The molecule has 0 radical (unpaired) electrons. The Morgan fingerprint density at radius 3 is 2.26 bits per heavy atom. The number of para-hydroxylation sites is 2. The van der Waals surface area contributed by atoms with E-state index in [0.29, 0.717) is 17.2 Å². The molecule has 0 heterocycles. The summed E-state index contributed by atoms with van der Waals surface area (Å²) in [6, 6.07) is 13.1. The number of benzene rings is 2. The Bertz CT molecular complexity index is 570. The molecule has 0 saturated carbocycles. The van der Waals surface area contributed by atoms with E-state index in [2.05, 4.69) is 15.9 Å². The summed E-state index contributed by atoms with van der Waals surface area (Å²) in [5.74, 6) is 1.94. The molecule has 0 aliphatic rings. The van der Waals surface area contributed by atoms with Gasteiger partial charge in [0.2, 0.25) is 0 Å². The minimum Gasteiger partial charge on any atom is -0.489 e. The zero-order chi connectivity index (χ0) is 13.8. The number of halogens is 1. The summed E-state index contributed by atoms with van der Waals surface area (Å²) in [6.45, 7) is 3.92. The van der Waals surface area contributed by atoms with Crippen LogP contribution in [0.25, 0.3) is 0 Å². The molecule has 100 valence electrons. The second-order valence-corrected chi connectivity index (χ2v) is 5.22. The third-order valence-electron chi connectivity index (χ3n) is 2.45. The van der Waals surface area contributed by atoms with E-state index in [4.69, 9.17) is 15.2 Å². The highest BCUT2D eigenvalue weighted by Crippen LogP contribution is 2.37. The van der Waals surface area contributed by atoms with Gasteiger partial charge in [-0.1, -0.05) is 18.2 Å². The number of nitrogen functional groups attached to an aromatic ring is 1. The Balaban J connectivity index is 2.28. The molecule has 2 rings (SSSR count). The first-order chi connectivity index (χ1) is 9.08. The Hall–Kier alpha value is -1.68. The van der Waals surface area contributed by atoms with Gasteiger partial charge in [-0.05, 0) is 54.0 Å². The molecular formula is C15H16BrNO2. The average Bonchev–Trinajstić information content (AvgIpc) is 2.36. The van der Waals surface area contributed by atoms with E-state index >= 15 is 0 Å². The monoisotopic (exact) mass is 321 g/mol. The van der Waals surface area contributed by atoms with Gasteiger partial charge in [-0.3, -0.25) is 0 Å². The van der Waals surface area contributed by atoms with Gasteiger partial charge in [-0.25, -0.2) is 0 Å². The first-order valence-corrected chi connectivity index (χ1v) is 6.84. The summed E-state index contributed by atoms with van der Waals surface area (Å²) >= 11 is 3.44. The van der Waals surface area contributed by atoms with Gasteiger partial charge in [-0.2, -0.15) is 0 Å². The Morgan fingerprint density at radius 2 is 1.58 bits per heavy atom. The Kier molecular flexibility index (Phi) is 4.32. The summed E-state index contributed by atoms with van der Waals surface area (Å²) in [5, 5.41) is 0. The molecule has 0 aromatic heterocycles. The van der Waals surface area contributed by atoms with Gasteiger partial charge in [0.15, 0.2) is 5.75 Å². The molecule has 0 saturated heterocycles. The van der Waals surface area contributed by atoms with Crippen LogP contribution in [0.5, 0.6) is 17.2 Å². The van der Waals surface area contributed by atoms with E-state index < -0.39 is 0 Å². The standard InChI is InChI=1S/C15H16BrNO2/c1-10(2)18-13-8-5-9-14(15(13)17)19-12-7-4-3-6-11(12)16/h3-10H,17H2,1-2H3. The van der Waals surface area contributed by atoms with E-state index in [1.807, 2.05) is 56.3 Å². The SMILES string of the molecule is CC(C)Oc1cccc(Oc2ccccc2Br)c1N. The minimum absolute atomic E-state index is 0.0704. The van der Waals surface area contributed by atoms with Crippen LogP contribution in [0.15, 0.2) is 46.9 Å². The maximum absolute atomic E-state index is 6.06. The summed E-state index contributed by atoms with van der Waals surface area (Å²) < 4.78 is 12.3. The van der Waals surface area contributed by atoms with E-state index in [1.54, 1.807) is 0 Å². The fourth-order valence-corrected chi connectivity index (χ4v) is 1.98. The lowest BCUT2D eigenvalue weighted by Crippen LogP contribution is -2.07. The summed E-state index contributed by atoms with van der Waals surface area (Å²) in [7, 11) is 0. The predicted molar refractivity (Wildman–Crippen MR) is 80.8 cm³/mol. The van der Waals surface area contributed by atoms with Gasteiger partial charge >= 0.3 is 0 Å². The summed E-state index contributed by atoms with van der Waals surface area (Å²) in [5.41, 5.74) is 6.57. The number of nitrogens with two attached hydrogens (primary N) is 1. The molecule has 19 heavy (non-hydrogen) atoms. The predicted octanol–water partition coefficient (Wildman–Crippen LogP) is 4.61. The molecule has 0 atom stereocenters. The molecule has 0 aliphatic heterocycles. The average molecular weight is 322 g/mol. The molecule has 0 amide bonds. The Labute approximate surface area is 121 Å². The number of ether oxygens (including phenoxy) is 2. The van der Waals surface area contributed by atoms with Crippen molar-refractivity contribution in [3.05, 3.63) is 46.9 Å². The van der Waals surface area contributed by atoms with Crippen LogP contribution >= 0.6 is 15.9 Å². The first-order valence-electron chi connectivity index (χ1n) is 6.05. The van der Waals surface area contributed by atoms with Gasteiger partial charge < -0.3 is 15.2 Å². The topological polar surface area (TPSA) is 44.5 Å². The molecular weight excluding hydrogens is 306 g/mol. The van der Waals surface area contributed by atoms with Gasteiger partial charge in [0, 0.05) is 0 Å². The number of hydrogen-bond acceptors (Lipinski definition) is 3. The summed E-state index contributed by atoms with van der Waals surface area (Å²) in [6.07, 6.45) is 0.0704. The quantitative estimate of drug-likeness (QED) is 0.836. The van der Waals surface area contributed by atoms with Crippen molar-refractivity contribution in [2.45, 2.75) is 20.0 Å². The number of hydrogen-bond donors (Lipinski definition) is 1. The second kappa shape index (κ2) is 5.97. The third-order valence-corrected chi connectivity index (χ3v) is 3.10. The van der Waals surface area contributed by atoms with Crippen molar-refractivity contribution in [3.63, 3.8) is 0 Å². The first kappa shape index (κ1) is 13.7. The van der Waals surface area contributed by atoms with Crippen molar-refractivity contribution >= 4 is 21.6 Å². The smallest absolute Gasteiger partial charge is 0.154 e. The minimum atomic E-state index is 0.0704. The highest BCUT2D eigenvalue weighted by molar-refractivity contribution is 9.10. The highest BCUT2D eigenvalue weighted by atomic mass is 79.9. The fraction of sp³-hybridized carbons (Fsp3) is 0.200. The van der Waals surface area contributed by atoms with Crippen molar-refractivity contribution in [1.82, 2.24) is 0 Å². The molecule has 0 aliphatic carbocycles. The third kappa shape index (κ3) is 3.41. The maximum Gasteiger partial charge on any atom is 0.154 e. The lowest BCUT2D eigenvalue weighted by Gasteiger charge is -2.15. The number of anilines is 1. The van der Waals surface area contributed by atoms with Crippen LogP contribution in [-0.2, 0) is 0 Å². The van der Waals surface area contributed by atoms with Gasteiger partial charge in [-0.15, -0.1) is 0 Å². The number of rotatable bonds is 4. The van der Waals surface area contributed by atoms with Gasteiger partial charge in [0.25, 0.3) is 0 Å². The van der Waals surface area contributed by atoms with Crippen LogP contribution in [0, 0.1) is 0 Å². The zero-order valence-electron chi connectivity index (χ0n) is 10.9. The lowest BCUT2D eigenvalue weighted by atomic mass is 10.2. The second-order valence-electron chi connectivity index (χ2n) is 4.37. The van der Waals surface area contributed by atoms with Crippen molar-refractivity contribution < 1.29 is 9.47 Å². The largest absolute Gasteiger partial charge is 0.489 e. The van der Waals surface area contributed by atoms with Gasteiger partial charge in [0.05, 0.1) is 10.6 Å². The van der Waals surface area contributed by atoms with Crippen LogP contribution in [-0.4, -0.2) is 6.10 Å². The van der Waals surface area contributed by atoms with Crippen molar-refractivity contribution in [1.29, 1.82) is 0 Å². The van der Waals surface area contributed by atoms with Crippen molar-refractivity contribution in [2.75, 3.05) is 5.73 Å². The molecule has 2 aromatic rings. The van der Waals surface area contributed by atoms with E-state index in [1.165, 1.54) is 0 Å². The Morgan fingerprint density at radius 1 is 0.947 bits per heavy atom. The fourth-order valence-electron chi connectivity index (χ4n) is 1.62. The lowest BCUT2D eigenvalue weighted by molar-refractivity contribution is 0.243. The molecule has 0 unspecified atom stereocenters. The van der Waals surface area contributed by atoms with Crippen molar-refractivity contribution in [3.8, 4) is 17.2 Å². The maximum atomic E-state index is 6.06. The summed E-state index contributed by atoms with van der Waals surface area (Å²) in [4.78, 5) is 0. The van der Waals surface area contributed by atoms with E-state index in [-0.39, 0.29) is 6.10 Å². The molecule has 4 heteroatoms. The van der Waals surface area contributed by atoms with Crippen molar-refractivity contribution in [2.24, 2.45) is 0 Å². The van der Waals surface area contributed by atoms with Crippen LogP contribution in [0.4, 0.5) is 5.69 Å². The van der Waals surface area contributed by atoms with Crippen LogP contribution < -0.4 is 15.2 Å². The molecule has 2 aromatic carbocycles. The van der Waals surface area contributed by atoms with Crippen LogP contribution in [0.1, 0.15) is 13.8 Å². The molecule has 0 spiro atoms. The van der Waals surface area contributed by atoms with E-state index in [0.717, 1.165) is 10.2 Å². The van der Waals surface area contributed by atoms with Gasteiger partial charge in [0.1, 0.15) is 17.2 Å². The van der Waals surface area contributed by atoms with E-state index in [9.17, 15) is 0 Å². The van der Waals surface area contributed by atoms with Crippen LogP contribution in [0.2, 0.25) is 0 Å². The zero-order valence-corrected chi connectivity index (χ0v) is 12.5. The molecule has 3 nitrogen and oxygen atoms in total. The normalized spacial score (nSPS) is 10.5. The molecule has 2 N–H and O–H groups in total. The molecule has 0 bridgehead atoms. The highest BCUT2D eigenvalue weighted by Gasteiger charge is 2.10. The molecule has 0 fully saturated rings.